The molecule has 0 saturated carbocycles. The molecule has 3 nitrogen and oxygen atoms in total. The van der Waals surface area contributed by atoms with Gasteiger partial charge in [0.15, 0.2) is 5.60 Å². The first kappa shape index (κ1) is 12.9. The third-order valence-electron chi connectivity index (χ3n) is 4.05. The van der Waals surface area contributed by atoms with Crippen LogP contribution in [0.2, 0.25) is 0 Å². The number of likely N-dealkylation sites (N-methyl/N-ethyl adjacent to an activating group) is 1. The summed E-state index contributed by atoms with van der Waals surface area (Å²) < 4.78 is 5.72. The van der Waals surface area contributed by atoms with Gasteiger partial charge in [-0.1, -0.05) is 60.7 Å². The highest BCUT2D eigenvalue weighted by molar-refractivity contribution is 5.94. The van der Waals surface area contributed by atoms with Crippen molar-refractivity contribution < 1.29 is 9.53 Å². The van der Waals surface area contributed by atoms with Gasteiger partial charge in [0.05, 0.1) is 6.04 Å². The van der Waals surface area contributed by atoms with E-state index in [1.807, 2.05) is 67.7 Å². The van der Waals surface area contributed by atoms with Gasteiger partial charge >= 0.3 is 0 Å². The second-order valence-electron chi connectivity index (χ2n) is 5.04. The molecule has 0 N–H and O–H groups in total. The minimum Gasteiger partial charge on any atom is -0.361 e. The van der Waals surface area contributed by atoms with E-state index in [2.05, 4.69) is 0 Å². The van der Waals surface area contributed by atoms with E-state index in [1.54, 1.807) is 12.0 Å². The fraction of sp³-hybridized carbons (Fsp3) is 0.235. The Labute approximate surface area is 118 Å². The maximum atomic E-state index is 12.5. The summed E-state index contributed by atoms with van der Waals surface area (Å²) in [5, 5.41) is 0. The van der Waals surface area contributed by atoms with E-state index in [0.717, 1.165) is 11.1 Å². The van der Waals surface area contributed by atoms with Crippen molar-refractivity contribution in [1.82, 2.24) is 4.90 Å². The SMILES string of the molecule is CO[C@@]1(c2ccccc2)C(=O)N(C)[C@@H]1c1ccccc1. The van der Waals surface area contributed by atoms with Crippen molar-refractivity contribution in [2.45, 2.75) is 11.6 Å². The van der Waals surface area contributed by atoms with E-state index >= 15 is 0 Å². The van der Waals surface area contributed by atoms with Crippen molar-refractivity contribution >= 4 is 5.91 Å². The smallest absolute Gasteiger partial charge is 0.262 e. The van der Waals surface area contributed by atoms with Crippen LogP contribution in [0.5, 0.6) is 0 Å². The topological polar surface area (TPSA) is 29.5 Å². The van der Waals surface area contributed by atoms with E-state index in [4.69, 9.17) is 4.74 Å². The number of hydrogen-bond donors (Lipinski definition) is 0. The minimum absolute atomic E-state index is 0.0000491. The highest BCUT2D eigenvalue weighted by atomic mass is 16.5. The number of amides is 1. The molecule has 0 aliphatic carbocycles. The lowest BCUT2D eigenvalue weighted by atomic mass is 9.73. The third kappa shape index (κ3) is 1.60. The molecule has 1 aliphatic rings. The number of nitrogens with zero attached hydrogens (tertiary/aromatic N) is 1. The minimum atomic E-state index is -0.905. The van der Waals surface area contributed by atoms with Crippen LogP contribution >= 0.6 is 0 Å². The summed E-state index contributed by atoms with van der Waals surface area (Å²) in [6.45, 7) is 0. The zero-order valence-electron chi connectivity index (χ0n) is 11.6. The van der Waals surface area contributed by atoms with Gasteiger partial charge in [-0.25, -0.2) is 0 Å². The molecule has 0 unspecified atom stereocenters. The maximum Gasteiger partial charge on any atom is 0.262 e. The lowest BCUT2D eigenvalue weighted by Crippen LogP contribution is -2.65. The first-order valence-corrected chi connectivity index (χ1v) is 6.64. The van der Waals surface area contributed by atoms with Crippen LogP contribution in [0.1, 0.15) is 17.2 Å². The molecule has 0 aromatic heterocycles. The largest absolute Gasteiger partial charge is 0.361 e. The Kier molecular flexibility index (Phi) is 3.07. The highest BCUT2D eigenvalue weighted by Crippen LogP contribution is 2.51. The third-order valence-corrected chi connectivity index (χ3v) is 4.05. The zero-order chi connectivity index (χ0) is 14.2. The Morgan fingerprint density at radius 2 is 1.55 bits per heavy atom. The average molecular weight is 267 g/mol. The molecule has 2 aromatic carbocycles. The molecule has 0 spiro atoms. The molecular weight excluding hydrogens is 250 g/mol. The van der Waals surface area contributed by atoms with Gasteiger partial charge in [0.2, 0.25) is 0 Å². The molecular formula is C17H17NO2. The Balaban J connectivity index is 2.11. The number of β-lactam (4-membered cyclic amide) rings is 1. The summed E-state index contributed by atoms with van der Waals surface area (Å²) in [5.74, 6) is 0.0000491. The summed E-state index contributed by atoms with van der Waals surface area (Å²) in [4.78, 5) is 14.2. The van der Waals surface area contributed by atoms with Gasteiger partial charge in [-0.3, -0.25) is 4.79 Å². The predicted molar refractivity (Wildman–Crippen MR) is 77.1 cm³/mol. The molecule has 2 aromatic rings. The van der Waals surface area contributed by atoms with Gasteiger partial charge in [-0.05, 0) is 11.1 Å². The van der Waals surface area contributed by atoms with Gasteiger partial charge in [0.1, 0.15) is 0 Å². The van der Waals surface area contributed by atoms with Crippen LogP contribution in [0, 0.1) is 0 Å². The maximum absolute atomic E-state index is 12.5. The van der Waals surface area contributed by atoms with E-state index < -0.39 is 5.60 Å². The van der Waals surface area contributed by atoms with Crippen LogP contribution in [0.3, 0.4) is 0 Å². The number of hydrogen-bond acceptors (Lipinski definition) is 2. The van der Waals surface area contributed by atoms with Crippen molar-refractivity contribution in [3.05, 3.63) is 71.8 Å². The van der Waals surface area contributed by atoms with Crippen molar-refractivity contribution in [2.75, 3.05) is 14.2 Å². The summed E-state index contributed by atoms with van der Waals surface area (Å²) in [6, 6.07) is 19.6. The monoisotopic (exact) mass is 267 g/mol. The average Bonchev–Trinajstić information content (AvgIpc) is 2.53. The zero-order valence-corrected chi connectivity index (χ0v) is 11.6. The lowest BCUT2D eigenvalue weighted by molar-refractivity contribution is -0.199. The van der Waals surface area contributed by atoms with Gasteiger partial charge in [0.25, 0.3) is 5.91 Å². The van der Waals surface area contributed by atoms with E-state index in [9.17, 15) is 4.79 Å². The van der Waals surface area contributed by atoms with E-state index in [1.165, 1.54) is 0 Å². The van der Waals surface area contributed by atoms with Crippen LogP contribution < -0.4 is 0 Å². The number of benzene rings is 2. The molecule has 3 heteroatoms. The second-order valence-corrected chi connectivity index (χ2v) is 5.04. The fourth-order valence-electron chi connectivity index (χ4n) is 3.08. The van der Waals surface area contributed by atoms with Crippen LogP contribution in [0.4, 0.5) is 0 Å². The summed E-state index contributed by atoms with van der Waals surface area (Å²) in [7, 11) is 3.42. The first-order chi connectivity index (χ1) is 9.71. The molecule has 2 atom stereocenters. The van der Waals surface area contributed by atoms with Crippen molar-refractivity contribution in [1.29, 1.82) is 0 Å². The van der Waals surface area contributed by atoms with Crippen LogP contribution in [-0.2, 0) is 15.1 Å². The number of carbonyl (C=O) groups excluding carboxylic acids is 1. The van der Waals surface area contributed by atoms with Crippen LogP contribution in [0.15, 0.2) is 60.7 Å². The molecule has 1 amide bonds. The standard InChI is InChI=1S/C17H17NO2/c1-18-15(13-9-5-3-6-10-13)17(20-2,16(18)19)14-11-7-4-8-12-14/h3-12,15H,1-2H3/t15-,17-/m1/s1. The van der Waals surface area contributed by atoms with Crippen molar-refractivity contribution in [3.63, 3.8) is 0 Å². The van der Waals surface area contributed by atoms with Crippen molar-refractivity contribution in [3.8, 4) is 0 Å². The van der Waals surface area contributed by atoms with E-state index in [-0.39, 0.29) is 11.9 Å². The lowest BCUT2D eigenvalue weighted by Gasteiger charge is -2.53. The number of carbonyl (C=O) groups is 1. The molecule has 1 saturated heterocycles. The second kappa shape index (κ2) is 4.76. The first-order valence-electron chi connectivity index (χ1n) is 6.64. The predicted octanol–water partition coefficient (Wildman–Crippen LogP) is 2.74. The van der Waals surface area contributed by atoms with Gasteiger partial charge in [0, 0.05) is 14.2 Å². The fourth-order valence-corrected chi connectivity index (χ4v) is 3.08. The highest BCUT2D eigenvalue weighted by Gasteiger charge is 2.61. The molecule has 0 radical (unpaired) electrons. The Morgan fingerprint density at radius 1 is 1.00 bits per heavy atom. The number of ether oxygens (including phenoxy) is 1. The number of methoxy groups -OCH3 is 1. The van der Waals surface area contributed by atoms with Gasteiger partial charge in [-0.2, -0.15) is 0 Å². The molecule has 1 aliphatic heterocycles. The van der Waals surface area contributed by atoms with Crippen LogP contribution in [-0.4, -0.2) is 25.0 Å². The molecule has 0 bridgehead atoms. The number of likely N-dealkylation sites (tertiary alicyclic amines) is 1. The normalized spacial score (nSPS) is 25.4. The Hall–Kier alpha value is -2.13. The summed E-state index contributed by atoms with van der Waals surface area (Å²) in [6.07, 6.45) is 0. The summed E-state index contributed by atoms with van der Waals surface area (Å²) >= 11 is 0. The van der Waals surface area contributed by atoms with Gasteiger partial charge < -0.3 is 9.64 Å². The quantitative estimate of drug-likeness (QED) is 0.800. The molecule has 1 heterocycles. The summed E-state index contributed by atoms with van der Waals surface area (Å²) in [5.41, 5.74) is 1.08. The Bertz CT molecular complexity index is 611. The molecule has 20 heavy (non-hydrogen) atoms. The molecule has 102 valence electrons. The number of rotatable bonds is 3. The Morgan fingerprint density at radius 3 is 2.10 bits per heavy atom. The van der Waals surface area contributed by atoms with E-state index in [0.29, 0.717) is 0 Å². The van der Waals surface area contributed by atoms with Crippen LogP contribution in [0.25, 0.3) is 0 Å². The van der Waals surface area contributed by atoms with Crippen molar-refractivity contribution in [2.24, 2.45) is 0 Å². The van der Waals surface area contributed by atoms with Gasteiger partial charge in [-0.15, -0.1) is 0 Å². The molecule has 1 fully saturated rings. The molecule has 3 rings (SSSR count).